The maximum Gasteiger partial charge on any atom is 0.254 e. The summed E-state index contributed by atoms with van der Waals surface area (Å²) in [5, 5.41) is 0. The normalized spacial score (nSPS) is 14.9. The molecule has 0 saturated carbocycles. The molecular weight excluding hydrogens is 347 g/mol. The fourth-order valence-electron chi connectivity index (χ4n) is 3.19. The molecule has 27 heavy (non-hydrogen) atoms. The van der Waals surface area contributed by atoms with E-state index >= 15 is 0 Å². The summed E-state index contributed by atoms with van der Waals surface area (Å²) in [5.74, 6) is -0.129. The molecule has 0 atom stereocenters. The average Bonchev–Trinajstić information content (AvgIpc) is 2.69. The first kappa shape index (κ1) is 19.0. The lowest BCUT2D eigenvalue weighted by molar-refractivity contribution is 0.0623. The van der Waals surface area contributed by atoms with Gasteiger partial charge in [-0.3, -0.25) is 14.5 Å². The third-order valence-electron chi connectivity index (χ3n) is 4.77. The van der Waals surface area contributed by atoms with E-state index in [9.17, 15) is 14.0 Å². The van der Waals surface area contributed by atoms with Gasteiger partial charge >= 0.3 is 0 Å². The van der Waals surface area contributed by atoms with Crippen molar-refractivity contribution in [2.75, 3.05) is 39.8 Å². The number of Topliss-reactive ketones (excluding diaryl/α,β-unsaturated/α-hetero) is 1. The Bertz CT molecular complexity index is 845. The summed E-state index contributed by atoms with van der Waals surface area (Å²) in [4.78, 5) is 28.8. The van der Waals surface area contributed by atoms with Crippen LogP contribution in [-0.2, 0) is 0 Å². The molecule has 6 heteroatoms. The van der Waals surface area contributed by atoms with Gasteiger partial charge in [0.05, 0.1) is 19.2 Å². The number of aryl methyl sites for hydroxylation is 1. The highest BCUT2D eigenvalue weighted by Crippen LogP contribution is 2.16. The van der Waals surface area contributed by atoms with E-state index in [0.29, 0.717) is 37.5 Å². The van der Waals surface area contributed by atoms with Gasteiger partial charge in [0.15, 0.2) is 5.78 Å². The van der Waals surface area contributed by atoms with Crippen LogP contribution in [0.2, 0.25) is 0 Å². The minimum atomic E-state index is -0.488. The highest BCUT2D eigenvalue weighted by Gasteiger charge is 2.24. The number of hydrogen-bond acceptors (Lipinski definition) is 4. The van der Waals surface area contributed by atoms with E-state index in [1.165, 1.54) is 6.07 Å². The lowest BCUT2D eigenvalue weighted by Gasteiger charge is -2.34. The van der Waals surface area contributed by atoms with Crippen LogP contribution < -0.4 is 4.74 Å². The molecule has 0 bridgehead atoms. The summed E-state index contributed by atoms with van der Waals surface area (Å²) in [6.07, 6.45) is 0. The van der Waals surface area contributed by atoms with Gasteiger partial charge in [0.25, 0.3) is 5.91 Å². The second kappa shape index (κ2) is 8.31. The molecule has 1 heterocycles. The van der Waals surface area contributed by atoms with Crippen molar-refractivity contribution in [1.82, 2.24) is 9.80 Å². The lowest BCUT2D eigenvalue weighted by atomic mass is 10.1. The number of ketones is 1. The van der Waals surface area contributed by atoms with E-state index in [1.807, 2.05) is 11.8 Å². The molecule has 0 aromatic heterocycles. The zero-order valence-electron chi connectivity index (χ0n) is 15.6. The minimum Gasteiger partial charge on any atom is -0.497 e. The van der Waals surface area contributed by atoms with Crippen molar-refractivity contribution < 1.29 is 18.7 Å². The number of rotatable bonds is 5. The Morgan fingerprint density at radius 3 is 2.52 bits per heavy atom. The van der Waals surface area contributed by atoms with Crippen LogP contribution in [0.3, 0.4) is 0 Å². The van der Waals surface area contributed by atoms with Crippen LogP contribution in [-0.4, -0.2) is 61.3 Å². The van der Waals surface area contributed by atoms with Crippen LogP contribution in [0.1, 0.15) is 26.3 Å². The number of ether oxygens (including phenoxy) is 1. The number of amides is 1. The molecule has 3 rings (SSSR count). The number of piperazine rings is 1. The zero-order chi connectivity index (χ0) is 19.4. The van der Waals surface area contributed by atoms with Gasteiger partial charge in [-0.05, 0) is 37.3 Å². The summed E-state index contributed by atoms with van der Waals surface area (Å²) in [7, 11) is 1.57. The maximum atomic E-state index is 13.9. The number of carbonyl (C=O) groups is 2. The van der Waals surface area contributed by atoms with Gasteiger partial charge in [0.1, 0.15) is 11.6 Å². The molecule has 2 aromatic carbocycles. The number of nitrogens with zero attached hydrogens (tertiary/aromatic N) is 2. The van der Waals surface area contributed by atoms with Crippen LogP contribution in [0.5, 0.6) is 5.75 Å². The smallest absolute Gasteiger partial charge is 0.254 e. The first-order chi connectivity index (χ1) is 13.0. The Hall–Kier alpha value is -2.73. The second-order valence-electron chi connectivity index (χ2n) is 6.71. The van der Waals surface area contributed by atoms with Crippen LogP contribution in [0.4, 0.5) is 4.39 Å². The van der Waals surface area contributed by atoms with Gasteiger partial charge in [-0.25, -0.2) is 4.39 Å². The fraction of sp³-hybridized carbons (Fsp3) is 0.333. The van der Waals surface area contributed by atoms with E-state index in [1.54, 1.807) is 48.4 Å². The van der Waals surface area contributed by atoms with Crippen LogP contribution in [0, 0.1) is 12.7 Å². The molecule has 0 N–H and O–H groups in total. The molecule has 0 spiro atoms. The quantitative estimate of drug-likeness (QED) is 0.760. The van der Waals surface area contributed by atoms with Gasteiger partial charge in [0, 0.05) is 31.7 Å². The Morgan fingerprint density at radius 2 is 1.81 bits per heavy atom. The second-order valence-corrected chi connectivity index (χ2v) is 6.71. The number of benzene rings is 2. The van der Waals surface area contributed by atoms with E-state index in [-0.39, 0.29) is 23.8 Å². The summed E-state index contributed by atoms with van der Waals surface area (Å²) >= 11 is 0. The molecule has 142 valence electrons. The molecule has 1 aliphatic rings. The third-order valence-corrected chi connectivity index (χ3v) is 4.77. The van der Waals surface area contributed by atoms with Crippen LogP contribution >= 0.6 is 0 Å². The molecule has 1 saturated heterocycles. The molecule has 1 fully saturated rings. The lowest BCUT2D eigenvalue weighted by Crippen LogP contribution is -2.50. The van der Waals surface area contributed by atoms with E-state index < -0.39 is 5.82 Å². The maximum absolute atomic E-state index is 13.9. The standard InChI is InChI=1S/C21H23FN2O3/c1-15-6-7-19(22)18(12-15)20(25)14-23-8-10-24(11-9-23)21(26)16-4-3-5-17(13-16)27-2/h3-7,12-13H,8-11,14H2,1-2H3. The van der Waals surface area contributed by atoms with E-state index in [4.69, 9.17) is 4.74 Å². The van der Waals surface area contributed by atoms with Gasteiger partial charge in [-0.2, -0.15) is 0 Å². The third kappa shape index (κ3) is 4.52. The topological polar surface area (TPSA) is 49.9 Å². The fourth-order valence-corrected chi connectivity index (χ4v) is 3.19. The molecule has 0 radical (unpaired) electrons. The van der Waals surface area contributed by atoms with Crippen molar-refractivity contribution >= 4 is 11.7 Å². The van der Waals surface area contributed by atoms with Crippen LogP contribution in [0.25, 0.3) is 0 Å². The van der Waals surface area contributed by atoms with Gasteiger partial charge in [0.2, 0.25) is 0 Å². The Labute approximate surface area is 158 Å². The number of methoxy groups -OCH3 is 1. The SMILES string of the molecule is COc1cccc(C(=O)N2CCN(CC(=O)c3cc(C)ccc3F)CC2)c1. The van der Waals surface area contributed by atoms with Crippen molar-refractivity contribution in [3.8, 4) is 5.75 Å². The summed E-state index contributed by atoms with van der Waals surface area (Å²) < 4.78 is 19.1. The van der Waals surface area contributed by atoms with E-state index in [2.05, 4.69) is 0 Å². The van der Waals surface area contributed by atoms with Gasteiger partial charge in [-0.15, -0.1) is 0 Å². The molecule has 1 amide bonds. The monoisotopic (exact) mass is 370 g/mol. The average molecular weight is 370 g/mol. The minimum absolute atomic E-state index is 0.0513. The number of hydrogen-bond donors (Lipinski definition) is 0. The Balaban J connectivity index is 1.57. The first-order valence-corrected chi connectivity index (χ1v) is 8.93. The van der Waals surface area contributed by atoms with Gasteiger partial charge in [-0.1, -0.05) is 17.7 Å². The Kier molecular flexibility index (Phi) is 5.86. The first-order valence-electron chi connectivity index (χ1n) is 8.93. The number of halogens is 1. The van der Waals surface area contributed by atoms with Crippen molar-refractivity contribution in [1.29, 1.82) is 0 Å². The highest BCUT2D eigenvalue weighted by atomic mass is 19.1. The van der Waals surface area contributed by atoms with Crippen molar-refractivity contribution in [2.24, 2.45) is 0 Å². The highest BCUT2D eigenvalue weighted by molar-refractivity contribution is 5.98. The predicted molar refractivity (Wildman–Crippen MR) is 101 cm³/mol. The molecule has 2 aromatic rings. The number of carbonyl (C=O) groups excluding carboxylic acids is 2. The van der Waals surface area contributed by atoms with Crippen molar-refractivity contribution in [2.45, 2.75) is 6.92 Å². The van der Waals surface area contributed by atoms with Gasteiger partial charge < -0.3 is 9.64 Å². The van der Waals surface area contributed by atoms with Crippen molar-refractivity contribution in [3.63, 3.8) is 0 Å². The van der Waals surface area contributed by atoms with Crippen molar-refractivity contribution in [3.05, 3.63) is 65.0 Å². The largest absolute Gasteiger partial charge is 0.497 e. The summed E-state index contributed by atoms with van der Waals surface area (Å²) in [5.41, 5.74) is 1.57. The summed E-state index contributed by atoms with van der Waals surface area (Å²) in [6, 6.07) is 11.6. The zero-order valence-corrected chi connectivity index (χ0v) is 15.6. The summed E-state index contributed by atoms with van der Waals surface area (Å²) in [6.45, 7) is 4.20. The molecule has 0 unspecified atom stereocenters. The molecule has 5 nitrogen and oxygen atoms in total. The molecular formula is C21H23FN2O3. The predicted octanol–water partition coefficient (Wildman–Crippen LogP) is 2.78. The molecule has 0 aliphatic carbocycles. The van der Waals surface area contributed by atoms with E-state index in [0.717, 1.165) is 5.56 Å². The Morgan fingerprint density at radius 1 is 1.07 bits per heavy atom. The molecule has 1 aliphatic heterocycles. The van der Waals surface area contributed by atoms with Crippen LogP contribution in [0.15, 0.2) is 42.5 Å².